The molecule has 0 bridgehead atoms. The summed E-state index contributed by atoms with van der Waals surface area (Å²) >= 11 is 0. The quantitative estimate of drug-likeness (QED) is 0.518. The topological polar surface area (TPSA) is 31.0 Å². The van der Waals surface area contributed by atoms with Crippen LogP contribution in [0, 0.1) is 5.92 Å². The van der Waals surface area contributed by atoms with E-state index in [0.29, 0.717) is 12.2 Å². The molecule has 3 atom stereocenters. The minimum absolute atomic E-state index is 0.685. The van der Waals surface area contributed by atoms with Crippen LogP contribution < -0.4 is 0 Å². The Bertz CT molecular complexity index is 190. The maximum absolute atomic E-state index is 5.45. The van der Waals surface area contributed by atoms with Crippen molar-refractivity contribution >= 4 is 0 Å². The van der Waals surface area contributed by atoms with Gasteiger partial charge in [-0.15, -0.1) is 0 Å². The fourth-order valence-electron chi connectivity index (χ4n) is 2.61. The molecule has 0 aromatic heterocycles. The van der Waals surface area contributed by atoms with Crippen LogP contribution in [0.4, 0.5) is 0 Å². The van der Waals surface area contributed by atoms with Gasteiger partial charge in [0.25, 0.3) is 0 Å². The van der Waals surface area contributed by atoms with Crippen molar-refractivity contribution in [1.29, 1.82) is 0 Å². The maximum atomic E-state index is 5.45. The lowest BCUT2D eigenvalue weighted by Gasteiger charge is -2.17. The number of hydrogen-bond acceptors (Lipinski definition) is 3. The van der Waals surface area contributed by atoms with Crippen LogP contribution >= 0.6 is 0 Å². The van der Waals surface area contributed by atoms with Gasteiger partial charge in [0, 0.05) is 26.9 Å². The molecule has 3 unspecified atom stereocenters. The molecule has 0 aromatic carbocycles. The van der Waals surface area contributed by atoms with Gasteiger partial charge in [-0.1, -0.05) is 19.8 Å². The van der Waals surface area contributed by atoms with Gasteiger partial charge in [-0.2, -0.15) is 0 Å². The molecule has 0 N–H and O–H groups in total. The minimum atomic E-state index is 0.685. The highest BCUT2D eigenvalue weighted by Gasteiger charge is 2.43. The summed E-state index contributed by atoms with van der Waals surface area (Å²) in [5.41, 5.74) is 0. The molecule has 1 aliphatic heterocycles. The Morgan fingerprint density at radius 2 is 1.94 bits per heavy atom. The summed E-state index contributed by atoms with van der Waals surface area (Å²) in [7, 11) is 1.70. The van der Waals surface area contributed by atoms with Gasteiger partial charge in [-0.25, -0.2) is 0 Å². The van der Waals surface area contributed by atoms with E-state index < -0.39 is 0 Å². The molecule has 2 fully saturated rings. The van der Waals surface area contributed by atoms with Crippen molar-refractivity contribution in [2.45, 2.75) is 64.6 Å². The lowest BCUT2D eigenvalue weighted by atomic mass is 9.86. The van der Waals surface area contributed by atoms with Crippen LogP contribution in [0.5, 0.6) is 0 Å². The van der Waals surface area contributed by atoms with Crippen molar-refractivity contribution in [3.05, 3.63) is 0 Å². The smallest absolute Gasteiger partial charge is 0.0844 e. The second-order valence-corrected chi connectivity index (χ2v) is 5.22. The van der Waals surface area contributed by atoms with Crippen molar-refractivity contribution < 1.29 is 14.2 Å². The molecule has 0 radical (unpaired) electrons. The molecule has 3 heteroatoms. The van der Waals surface area contributed by atoms with Crippen LogP contribution in [0.15, 0.2) is 0 Å². The third-order valence-corrected chi connectivity index (χ3v) is 3.65. The van der Waals surface area contributed by atoms with E-state index in [9.17, 15) is 0 Å². The van der Waals surface area contributed by atoms with Gasteiger partial charge in [-0.05, 0) is 38.5 Å². The lowest BCUT2D eigenvalue weighted by molar-refractivity contribution is 0.111. The van der Waals surface area contributed by atoms with Gasteiger partial charge >= 0.3 is 0 Å². The maximum Gasteiger partial charge on any atom is 0.0844 e. The highest BCUT2D eigenvalue weighted by molar-refractivity contribution is 4.91. The summed E-state index contributed by atoms with van der Waals surface area (Å²) in [6.07, 6.45) is 9.28. The molecule has 0 amide bonds. The van der Waals surface area contributed by atoms with Crippen molar-refractivity contribution in [2.75, 3.05) is 26.9 Å². The summed E-state index contributed by atoms with van der Waals surface area (Å²) in [5, 5.41) is 0. The number of hydrogen-bond donors (Lipinski definition) is 0. The fourth-order valence-corrected chi connectivity index (χ4v) is 2.61. The van der Waals surface area contributed by atoms with Crippen LogP contribution in [0.3, 0.4) is 0 Å². The highest BCUT2D eigenvalue weighted by atomic mass is 16.6. The standard InChI is InChI=1S/C9H16O.C6H14O2/c1-2-3-7-4-5-8-9(6-7)10-8;1-3-8-6-4-5-7-2/h7-9H,2-6H2,1H3;3-6H2,1-2H3. The van der Waals surface area contributed by atoms with E-state index in [2.05, 4.69) is 6.92 Å². The molecule has 18 heavy (non-hydrogen) atoms. The number of methoxy groups -OCH3 is 1. The Labute approximate surface area is 112 Å². The van der Waals surface area contributed by atoms with E-state index in [4.69, 9.17) is 14.2 Å². The summed E-state index contributed by atoms with van der Waals surface area (Å²) < 4.78 is 15.3. The molecular formula is C15H30O3. The van der Waals surface area contributed by atoms with Crippen LogP contribution in [0.25, 0.3) is 0 Å². The van der Waals surface area contributed by atoms with E-state index in [0.717, 1.165) is 32.2 Å². The zero-order valence-corrected chi connectivity index (χ0v) is 12.3. The highest BCUT2D eigenvalue weighted by Crippen LogP contribution is 2.40. The predicted molar refractivity (Wildman–Crippen MR) is 73.9 cm³/mol. The minimum Gasteiger partial charge on any atom is -0.385 e. The molecule has 1 saturated carbocycles. The van der Waals surface area contributed by atoms with Crippen molar-refractivity contribution in [3.8, 4) is 0 Å². The third-order valence-electron chi connectivity index (χ3n) is 3.65. The van der Waals surface area contributed by atoms with Crippen LogP contribution in [-0.2, 0) is 14.2 Å². The normalized spacial score (nSPS) is 29.2. The first-order valence-corrected chi connectivity index (χ1v) is 7.53. The average Bonchev–Trinajstić information content (AvgIpc) is 3.14. The Morgan fingerprint density at radius 3 is 2.56 bits per heavy atom. The van der Waals surface area contributed by atoms with E-state index >= 15 is 0 Å². The first kappa shape index (κ1) is 15.9. The Kier molecular flexibility index (Phi) is 8.64. The summed E-state index contributed by atoms with van der Waals surface area (Å²) in [6.45, 7) is 6.71. The molecule has 0 spiro atoms. The largest absolute Gasteiger partial charge is 0.385 e. The Balaban J connectivity index is 0.000000187. The van der Waals surface area contributed by atoms with Gasteiger partial charge in [0.15, 0.2) is 0 Å². The Hall–Kier alpha value is -0.120. The fraction of sp³-hybridized carbons (Fsp3) is 1.00. The molecule has 1 aliphatic carbocycles. The number of fused-ring (bicyclic) bond motifs is 1. The second-order valence-electron chi connectivity index (χ2n) is 5.22. The third kappa shape index (κ3) is 6.72. The molecule has 0 aromatic rings. The zero-order chi connectivity index (χ0) is 13.2. The van der Waals surface area contributed by atoms with E-state index in [1.54, 1.807) is 7.11 Å². The Morgan fingerprint density at radius 1 is 1.11 bits per heavy atom. The van der Waals surface area contributed by atoms with Crippen molar-refractivity contribution in [1.82, 2.24) is 0 Å². The summed E-state index contributed by atoms with van der Waals surface area (Å²) in [6, 6.07) is 0. The second kappa shape index (κ2) is 9.76. The van der Waals surface area contributed by atoms with Gasteiger partial charge < -0.3 is 14.2 Å². The molecule has 2 aliphatic rings. The van der Waals surface area contributed by atoms with Crippen LogP contribution in [-0.4, -0.2) is 39.1 Å². The molecule has 1 heterocycles. The lowest BCUT2D eigenvalue weighted by Crippen LogP contribution is -2.12. The van der Waals surface area contributed by atoms with Gasteiger partial charge in [0.1, 0.15) is 0 Å². The van der Waals surface area contributed by atoms with Crippen molar-refractivity contribution in [3.63, 3.8) is 0 Å². The number of rotatable bonds is 7. The SMILES string of the molecule is CCCC1CCC2OC2C1.CCOCCCOC. The van der Waals surface area contributed by atoms with Crippen molar-refractivity contribution in [2.24, 2.45) is 5.92 Å². The van der Waals surface area contributed by atoms with Gasteiger partial charge in [0.2, 0.25) is 0 Å². The van der Waals surface area contributed by atoms with Gasteiger partial charge in [-0.3, -0.25) is 0 Å². The first-order chi connectivity index (χ1) is 8.81. The van der Waals surface area contributed by atoms with Crippen LogP contribution in [0.2, 0.25) is 0 Å². The summed E-state index contributed by atoms with van der Waals surface area (Å²) in [4.78, 5) is 0. The number of epoxide rings is 1. The monoisotopic (exact) mass is 258 g/mol. The van der Waals surface area contributed by atoms with Gasteiger partial charge in [0.05, 0.1) is 12.2 Å². The predicted octanol–water partition coefficient (Wildman–Crippen LogP) is 3.41. The summed E-state index contributed by atoms with van der Waals surface area (Å²) in [5.74, 6) is 0.994. The average molecular weight is 258 g/mol. The molecule has 1 saturated heterocycles. The van der Waals surface area contributed by atoms with E-state index in [1.807, 2.05) is 6.92 Å². The first-order valence-electron chi connectivity index (χ1n) is 7.53. The van der Waals surface area contributed by atoms with E-state index in [1.165, 1.54) is 32.1 Å². The molecular weight excluding hydrogens is 228 g/mol. The molecule has 108 valence electrons. The molecule has 3 nitrogen and oxygen atoms in total. The zero-order valence-electron chi connectivity index (χ0n) is 12.3. The van der Waals surface area contributed by atoms with E-state index in [-0.39, 0.29) is 0 Å². The molecule has 2 rings (SSSR count). The number of ether oxygens (including phenoxy) is 3. The van der Waals surface area contributed by atoms with Crippen LogP contribution in [0.1, 0.15) is 52.4 Å².